The Labute approximate surface area is 173 Å². The van der Waals surface area contributed by atoms with Crippen LogP contribution < -0.4 is 16.4 Å². The second kappa shape index (κ2) is 9.42. The first-order valence-electron chi connectivity index (χ1n) is 9.21. The molecule has 0 saturated carbocycles. The van der Waals surface area contributed by atoms with Crippen LogP contribution in [0.15, 0.2) is 71.3 Å². The summed E-state index contributed by atoms with van der Waals surface area (Å²) in [5, 5.41) is 5.75. The highest BCUT2D eigenvalue weighted by Gasteiger charge is 2.21. The van der Waals surface area contributed by atoms with Crippen molar-refractivity contribution in [2.75, 3.05) is 10.6 Å². The zero-order valence-corrected chi connectivity index (χ0v) is 16.3. The summed E-state index contributed by atoms with van der Waals surface area (Å²) in [6.07, 6.45) is 0.533. The van der Waals surface area contributed by atoms with Gasteiger partial charge in [0.1, 0.15) is 5.76 Å². The molecule has 30 heavy (non-hydrogen) atoms. The second-order valence-electron chi connectivity index (χ2n) is 6.46. The lowest BCUT2D eigenvalue weighted by atomic mass is 10.1. The van der Waals surface area contributed by atoms with Crippen LogP contribution in [-0.4, -0.2) is 23.9 Å². The van der Waals surface area contributed by atoms with E-state index in [1.54, 1.807) is 48.7 Å². The molecule has 0 fully saturated rings. The van der Waals surface area contributed by atoms with Crippen molar-refractivity contribution in [2.45, 2.75) is 19.6 Å². The lowest BCUT2D eigenvalue weighted by molar-refractivity contribution is -0.123. The van der Waals surface area contributed by atoms with E-state index in [-0.39, 0.29) is 0 Å². The number of ether oxygens (including phenoxy) is 1. The number of hydrogen-bond acceptors (Lipinski definition) is 6. The molecule has 0 bridgehead atoms. The number of nitrogens with one attached hydrogen (secondary N) is 2. The van der Waals surface area contributed by atoms with Gasteiger partial charge in [-0.1, -0.05) is 12.1 Å². The van der Waals surface area contributed by atoms with Gasteiger partial charge in [-0.3, -0.25) is 9.59 Å². The molecular formula is C22H21N3O5. The minimum atomic E-state index is -1.04. The average Bonchev–Trinajstić information content (AvgIpc) is 3.26. The average molecular weight is 407 g/mol. The zero-order chi connectivity index (χ0) is 21.5. The van der Waals surface area contributed by atoms with Crippen molar-refractivity contribution in [1.29, 1.82) is 0 Å². The van der Waals surface area contributed by atoms with Crippen molar-refractivity contribution in [3.05, 3.63) is 83.8 Å². The van der Waals surface area contributed by atoms with Crippen LogP contribution in [0.3, 0.4) is 0 Å². The van der Waals surface area contributed by atoms with Gasteiger partial charge in [-0.2, -0.15) is 0 Å². The number of anilines is 2. The Morgan fingerprint density at radius 3 is 2.43 bits per heavy atom. The van der Waals surface area contributed by atoms with E-state index in [2.05, 4.69) is 10.6 Å². The molecule has 1 aromatic heterocycles. The first-order chi connectivity index (χ1) is 14.4. The molecular weight excluding hydrogens is 386 g/mol. The SMILES string of the molecule is C[C@H](OC(=O)c1ccccc1NCc1ccco1)C(=O)Nc1ccc(C(N)=O)cc1. The molecule has 8 nitrogen and oxygen atoms in total. The predicted octanol–water partition coefficient (Wildman–Crippen LogP) is 3.17. The lowest BCUT2D eigenvalue weighted by Crippen LogP contribution is -2.30. The van der Waals surface area contributed by atoms with E-state index in [4.69, 9.17) is 14.9 Å². The number of rotatable bonds is 8. The summed E-state index contributed by atoms with van der Waals surface area (Å²) < 4.78 is 10.6. The summed E-state index contributed by atoms with van der Waals surface area (Å²) in [5.74, 6) is -0.983. The van der Waals surface area contributed by atoms with Crippen LogP contribution in [-0.2, 0) is 16.1 Å². The van der Waals surface area contributed by atoms with E-state index in [9.17, 15) is 14.4 Å². The number of hydrogen-bond donors (Lipinski definition) is 3. The number of nitrogens with two attached hydrogens (primary N) is 1. The molecule has 154 valence electrons. The zero-order valence-electron chi connectivity index (χ0n) is 16.3. The van der Waals surface area contributed by atoms with Crippen molar-refractivity contribution in [3.8, 4) is 0 Å². The molecule has 0 spiro atoms. The monoisotopic (exact) mass is 407 g/mol. The topological polar surface area (TPSA) is 124 Å². The maximum atomic E-state index is 12.6. The second-order valence-corrected chi connectivity index (χ2v) is 6.46. The van der Waals surface area contributed by atoms with Crippen molar-refractivity contribution in [1.82, 2.24) is 0 Å². The third kappa shape index (κ3) is 5.26. The molecule has 2 amide bonds. The molecule has 1 atom stereocenters. The van der Waals surface area contributed by atoms with Gasteiger partial charge in [0, 0.05) is 16.9 Å². The molecule has 3 aromatic rings. The van der Waals surface area contributed by atoms with Gasteiger partial charge in [0.25, 0.3) is 5.91 Å². The van der Waals surface area contributed by atoms with Gasteiger partial charge < -0.3 is 25.5 Å². The number of carbonyl (C=O) groups excluding carboxylic acids is 3. The smallest absolute Gasteiger partial charge is 0.341 e. The van der Waals surface area contributed by atoms with Gasteiger partial charge in [-0.15, -0.1) is 0 Å². The number of carbonyl (C=O) groups is 3. The van der Waals surface area contributed by atoms with Gasteiger partial charge in [-0.05, 0) is 55.5 Å². The van der Waals surface area contributed by atoms with Crippen molar-refractivity contribution in [2.24, 2.45) is 5.73 Å². The minimum absolute atomic E-state index is 0.300. The summed E-state index contributed by atoms with van der Waals surface area (Å²) in [4.78, 5) is 36.1. The fourth-order valence-corrected chi connectivity index (χ4v) is 2.65. The van der Waals surface area contributed by atoms with Crippen molar-refractivity contribution in [3.63, 3.8) is 0 Å². The van der Waals surface area contributed by atoms with Crippen LogP contribution in [0.2, 0.25) is 0 Å². The van der Waals surface area contributed by atoms with E-state index in [0.717, 1.165) is 0 Å². The Hall–Kier alpha value is -4.07. The van der Waals surface area contributed by atoms with Crippen LogP contribution in [0.4, 0.5) is 11.4 Å². The number of esters is 1. The predicted molar refractivity (Wildman–Crippen MR) is 111 cm³/mol. The third-order valence-corrected chi connectivity index (χ3v) is 4.27. The molecule has 8 heteroatoms. The number of furan rings is 1. The van der Waals surface area contributed by atoms with Gasteiger partial charge in [-0.25, -0.2) is 4.79 Å². The first kappa shape index (κ1) is 20.7. The Balaban J connectivity index is 1.60. The van der Waals surface area contributed by atoms with E-state index < -0.39 is 23.9 Å². The number of amides is 2. The highest BCUT2D eigenvalue weighted by Crippen LogP contribution is 2.19. The molecule has 3 rings (SSSR count). The Bertz CT molecular complexity index is 1030. The standard InChI is InChI=1S/C22H21N3O5/c1-14(21(27)25-16-10-8-15(9-11-16)20(23)26)30-22(28)18-6-2-3-7-19(18)24-13-17-5-4-12-29-17/h2-12,14,24H,13H2,1H3,(H2,23,26)(H,25,27)/t14-/m0/s1. The maximum absolute atomic E-state index is 12.6. The van der Waals surface area contributed by atoms with Crippen molar-refractivity contribution >= 4 is 29.2 Å². The fourth-order valence-electron chi connectivity index (χ4n) is 2.65. The Morgan fingerprint density at radius 1 is 1.03 bits per heavy atom. The molecule has 2 aromatic carbocycles. The van der Waals surface area contributed by atoms with E-state index in [0.29, 0.717) is 34.8 Å². The largest absolute Gasteiger partial charge is 0.467 e. The van der Waals surface area contributed by atoms with E-state index >= 15 is 0 Å². The molecule has 0 aliphatic carbocycles. The summed E-state index contributed by atoms with van der Waals surface area (Å²) in [6.45, 7) is 1.87. The maximum Gasteiger partial charge on any atom is 0.341 e. The molecule has 0 aliphatic heterocycles. The van der Waals surface area contributed by atoms with Crippen molar-refractivity contribution < 1.29 is 23.5 Å². The molecule has 0 saturated heterocycles. The van der Waals surface area contributed by atoms with E-state index in [1.807, 2.05) is 6.07 Å². The number of primary amides is 1. The number of benzene rings is 2. The third-order valence-electron chi connectivity index (χ3n) is 4.27. The summed E-state index contributed by atoms with van der Waals surface area (Å²) in [5.41, 5.74) is 6.83. The van der Waals surface area contributed by atoms with Crippen LogP contribution in [0.25, 0.3) is 0 Å². The highest BCUT2D eigenvalue weighted by molar-refractivity contribution is 6.00. The molecule has 1 heterocycles. The van der Waals surface area contributed by atoms with Crippen LogP contribution in [0, 0.1) is 0 Å². The lowest BCUT2D eigenvalue weighted by Gasteiger charge is -2.15. The normalized spacial score (nSPS) is 11.4. The van der Waals surface area contributed by atoms with Gasteiger partial charge >= 0.3 is 5.97 Å². The van der Waals surface area contributed by atoms with Crippen LogP contribution in [0.1, 0.15) is 33.4 Å². The summed E-state index contributed by atoms with van der Waals surface area (Å²) >= 11 is 0. The quantitative estimate of drug-likeness (QED) is 0.493. The van der Waals surface area contributed by atoms with Crippen LogP contribution in [0.5, 0.6) is 0 Å². The van der Waals surface area contributed by atoms with E-state index in [1.165, 1.54) is 19.1 Å². The number of para-hydroxylation sites is 1. The highest BCUT2D eigenvalue weighted by atomic mass is 16.5. The summed E-state index contributed by atoms with van der Waals surface area (Å²) in [6, 6.07) is 16.5. The summed E-state index contributed by atoms with van der Waals surface area (Å²) in [7, 11) is 0. The van der Waals surface area contributed by atoms with Gasteiger partial charge in [0.05, 0.1) is 18.4 Å². The van der Waals surface area contributed by atoms with Crippen LogP contribution >= 0.6 is 0 Å². The molecule has 0 radical (unpaired) electrons. The fraction of sp³-hybridized carbons (Fsp3) is 0.136. The molecule has 0 aliphatic rings. The molecule has 4 N–H and O–H groups in total. The van der Waals surface area contributed by atoms with Gasteiger partial charge in [0.15, 0.2) is 6.10 Å². The first-order valence-corrected chi connectivity index (χ1v) is 9.21. The Kier molecular flexibility index (Phi) is 6.49. The molecule has 0 unspecified atom stereocenters. The van der Waals surface area contributed by atoms with Gasteiger partial charge in [0.2, 0.25) is 5.91 Å². The Morgan fingerprint density at radius 2 is 1.77 bits per heavy atom. The minimum Gasteiger partial charge on any atom is -0.467 e.